The van der Waals surface area contributed by atoms with E-state index >= 15 is 0 Å². The first-order chi connectivity index (χ1) is 11.0. The topological polar surface area (TPSA) is 27.8 Å². The molecule has 0 saturated carbocycles. The van der Waals surface area contributed by atoms with Crippen molar-refractivity contribution < 1.29 is 0 Å². The highest BCUT2D eigenvalue weighted by Gasteiger charge is 2.26. The van der Waals surface area contributed by atoms with Gasteiger partial charge in [0.25, 0.3) is 0 Å². The largest absolute Gasteiger partial charge is 0.357 e. The van der Waals surface area contributed by atoms with Crippen molar-refractivity contribution in [2.75, 3.05) is 6.54 Å². The number of halogens is 1. The van der Waals surface area contributed by atoms with E-state index in [-0.39, 0.29) is 6.04 Å². The molecule has 2 nitrogen and oxygen atoms in total. The van der Waals surface area contributed by atoms with Crippen LogP contribution in [-0.2, 0) is 6.42 Å². The van der Waals surface area contributed by atoms with Gasteiger partial charge < -0.3 is 10.3 Å². The maximum Gasteiger partial charge on any atom is 0.0732 e. The summed E-state index contributed by atoms with van der Waals surface area (Å²) in [4.78, 5) is 3.71. The zero-order chi connectivity index (χ0) is 16.1. The summed E-state index contributed by atoms with van der Waals surface area (Å²) in [5, 5.41) is 5.11. The van der Waals surface area contributed by atoms with Crippen molar-refractivity contribution in [1.29, 1.82) is 0 Å². The molecule has 1 aliphatic rings. The highest BCUT2D eigenvalue weighted by molar-refractivity contribution is 9.10. The summed E-state index contributed by atoms with van der Waals surface area (Å²) in [6, 6.07) is 11.5. The van der Waals surface area contributed by atoms with Crippen LogP contribution in [0.4, 0.5) is 0 Å². The highest BCUT2D eigenvalue weighted by Crippen LogP contribution is 2.36. The molecule has 4 rings (SSSR count). The van der Waals surface area contributed by atoms with Crippen molar-refractivity contribution in [2.45, 2.75) is 33.2 Å². The van der Waals surface area contributed by atoms with Crippen LogP contribution in [0.2, 0.25) is 0 Å². The molecule has 0 bridgehead atoms. The van der Waals surface area contributed by atoms with E-state index in [0.717, 1.165) is 17.4 Å². The lowest BCUT2D eigenvalue weighted by Gasteiger charge is -2.25. The van der Waals surface area contributed by atoms with Crippen molar-refractivity contribution in [2.24, 2.45) is 0 Å². The predicted molar refractivity (Wildman–Crippen MR) is 100 cm³/mol. The van der Waals surface area contributed by atoms with Gasteiger partial charge in [-0.3, -0.25) is 0 Å². The van der Waals surface area contributed by atoms with Gasteiger partial charge in [-0.15, -0.1) is 0 Å². The van der Waals surface area contributed by atoms with Crippen molar-refractivity contribution in [3.05, 3.63) is 68.3 Å². The molecule has 1 aromatic heterocycles. The number of fused-ring (bicyclic) bond motifs is 3. The molecule has 0 saturated heterocycles. The minimum atomic E-state index is 0.238. The number of rotatable bonds is 1. The number of H-pyrrole nitrogens is 1. The van der Waals surface area contributed by atoms with E-state index in [1.165, 1.54) is 44.4 Å². The third-order valence-corrected chi connectivity index (χ3v) is 5.24. The maximum absolute atomic E-state index is 3.71. The molecular formula is C20H21BrN2. The van der Waals surface area contributed by atoms with Crippen LogP contribution in [0.5, 0.6) is 0 Å². The number of aryl methyl sites for hydroxylation is 3. The van der Waals surface area contributed by atoms with E-state index in [0.29, 0.717) is 0 Å². The second-order valence-electron chi connectivity index (χ2n) is 6.72. The monoisotopic (exact) mass is 368 g/mol. The normalized spacial score (nSPS) is 17.5. The molecule has 1 atom stereocenters. The van der Waals surface area contributed by atoms with Gasteiger partial charge in [0, 0.05) is 27.6 Å². The maximum atomic E-state index is 3.71. The molecule has 3 aromatic rings. The van der Waals surface area contributed by atoms with Crippen LogP contribution < -0.4 is 5.32 Å². The smallest absolute Gasteiger partial charge is 0.0732 e. The van der Waals surface area contributed by atoms with Crippen LogP contribution in [0.3, 0.4) is 0 Å². The molecule has 118 valence electrons. The van der Waals surface area contributed by atoms with Gasteiger partial charge in [-0.25, -0.2) is 0 Å². The molecule has 1 unspecified atom stereocenters. The predicted octanol–water partition coefficient (Wildman–Crippen LogP) is 5.09. The molecule has 0 amide bonds. The number of nitrogens with one attached hydrogen (secondary N) is 2. The quantitative estimate of drug-likeness (QED) is 0.614. The molecule has 2 heterocycles. The number of aromatic amines is 1. The molecule has 0 aliphatic carbocycles. The lowest BCUT2D eigenvalue weighted by atomic mass is 9.92. The minimum absolute atomic E-state index is 0.238. The lowest BCUT2D eigenvalue weighted by molar-refractivity contribution is 0.560. The van der Waals surface area contributed by atoms with Crippen molar-refractivity contribution >= 4 is 26.8 Å². The molecule has 2 N–H and O–H groups in total. The number of hydrogen-bond donors (Lipinski definition) is 2. The number of aromatic nitrogens is 1. The van der Waals surface area contributed by atoms with E-state index < -0.39 is 0 Å². The zero-order valence-electron chi connectivity index (χ0n) is 13.8. The van der Waals surface area contributed by atoms with Gasteiger partial charge in [-0.1, -0.05) is 28.1 Å². The van der Waals surface area contributed by atoms with Crippen LogP contribution in [0.15, 0.2) is 34.8 Å². The summed E-state index contributed by atoms with van der Waals surface area (Å²) in [5.74, 6) is 0. The summed E-state index contributed by atoms with van der Waals surface area (Å²) in [6.07, 6.45) is 1.09. The molecule has 3 heteroatoms. The average Bonchev–Trinajstić information content (AvgIpc) is 2.84. The fourth-order valence-corrected chi connectivity index (χ4v) is 4.61. The summed E-state index contributed by atoms with van der Waals surface area (Å²) >= 11 is 3.64. The standard InChI is InChI=1S/C20H21BrN2/c1-11-6-13(3)18-16-4-5-22-19(20(16)23-17(18)9-11)14-7-12(2)8-15(21)10-14/h6-10,19,22-23H,4-5H2,1-3H3. The van der Waals surface area contributed by atoms with E-state index in [4.69, 9.17) is 0 Å². The molecule has 23 heavy (non-hydrogen) atoms. The molecule has 0 spiro atoms. The Kier molecular flexibility index (Phi) is 3.58. The Hall–Kier alpha value is -1.58. The Labute approximate surface area is 145 Å². The van der Waals surface area contributed by atoms with Gasteiger partial charge in [-0.05, 0) is 73.2 Å². The van der Waals surface area contributed by atoms with E-state index in [1.807, 2.05) is 0 Å². The second-order valence-corrected chi connectivity index (χ2v) is 7.64. The van der Waals surface area contributed by atoms with Crippen molar-refractivity contribution in [3.63, 3.8) is 0 Å². The third kappa shape index (κ3) is 2.52. The molecule has 0 fully saturated rings. The third-order valence-electron chi connectivity index (χ3n) is 4.79. The van der Waals surface area contributed by atoms with Crippen LogP contribution in [0.1, 0.15) is 39.6 Å². The molecule has 2 aromatic carbocycles. The first kappa shape index (κ1) is 15.0. The van der Waals surface area contributed by atoms with Crippen molar-refractivity contribution in [3.8, 4) is 0 Å². The summed E-state index contributed by atoms with van der Waals surface area (Å²) in [5.41, 5.74) is 9.38. The van der Waals surface area contributed by atoms with E-state index in [2.05, 4.69) is 77.3 Å². The lowest BCUT2D eigenvalue weighted by Crippen LogP contribution is -2.30. The Balaban J connectivity index is 1.93. The van der Waals surface area contributed by atoms with E-state index in [1.54, 1.807) is 0 Å². The summed E-state index contributed by atoms with van der Waals surface area (Å²) in [6.45, 7) is 7.56. The Bertz CT molecular complexity index is 887. The molecule has 0 radical (unpaired) electrons. The first-order valence-electron chi connectivity index (χ1n) is 8.15. The highest BCUT2D eigenvalue weighted by atomic mass is 79.9. The van der Waals surface area contributed by atoms with Gasteiger partial charge in [-0.2, -0.15) is 0 Å². The van der Waals surface area contributed by atoms with E-state index in [9.17, 15) is 0 Å². The molecular weight excluding hydrogens is 348 g/mol. The van der Waals surface area contributed by atoms with Crippen LogP contribution in [0.25, 0.3) is 10.9 Å². The summed E-state index contributed by atoms with van der Waals surface area (Å²) < 4.78 is 1.14. The van der Waals surface area contributed by atoms with Gasteiger partial charge in [0.1, 0.15) is 0 Å². The van der Waals surface area contributed by atoms with Crippen LogP contribution >= 0.6 is 15.9 Å². The van der Waals surface area contributed by atoms with Gasteiger partial charge in [0.15, 0.2) is 0 Å². The number of hydrogen-bond acceptors (Lipinski definition) is 1. The molecule has 1 aliphatic heterocycles. The fourth-order valence-electron chi connectivity index (χ4n) is 3.99. The van der Waals surface area contributed by atoms with Crippen molar-refractivity contribution in [1.82, 2.24) is 10.3 Å². The second kappa shape index (κ2) is 5.50. The fraction of sp³-hybridized carbons (Fsp3) is 0.300. The number of benzene rings is 2. The summed E-state index contributed by atoms with van der Waals surface area (Å²) in [7, 11) is 0. The Morgan fingerprint density at radius 1 is 1.00 bits per heavy atom. The Morgan fingerprint density at radius 2 is 1.78 bits per heavy atom. The van der Waals surface area contributed by atoms with Gasteiger partial charge >= 0.3 is 0 Å². The van der Waals surface area contributed by atoms with Crippen LogP contribution in [-0.4, -0.2) is 11.5 Å². The Morgan fingerprint density at radius 3 is 2.57 bits per heavy atom. The average molecular weight is 369 g/mol. The zero-order valence-corrected chi connectivity index (χ0v) is 15.3. The SMILES string of the molecule is Cc1cc(Br)cc(C2NCCc3c2[nH]c2cc(C)cc(C)c32)c1. The van der Waals surface area contributed by atoms with Crippen LogP contribution in [0, 0.1) is 20.8 Å². The van der Waals surface area contributed by atoms with Gasteiger partial charge in [0.2, 0.25) is 0 Å². The minimum Gasteiger partial charge on any atom is -0.357 e. The van der Waals surface area contributed by atoms with Gasteiger partial charge in [0.05, 0.1) is 6.04 Å². The first-order valence-corrected chi connectivity index (χ1v) is 8.94.